The van der Waals surface area contributed by atoms with Crippen LogP contribution in [0.15, 0.2) is 78.9 Å². The first kappa shape index (κ1) is 19.1. The summed E-state index contributed by atoms with van der Waals surface area (Å²) < 4.78 is 7.38. The maximum atomic E-state index is 11.1. The van der Waals surface area contributed by atoms with Crippen molar-refractivity contribution in [2.24, 2.45) is 0 Å². The normalized spacial score (nSPS) is 10.4. The summed E-state index contributed by atoms with van der Waals surface area (Å²) in [6.45, 7) is 2.14. The molecule has 0 saturated heterocycles. The van der Waals surface area contributed by atoms with Crippen LogP contribution >= 0.6 is 0 Å². The average Bonchev–Trinajstić information content (AvgIpc) is 3.23. The standard InChI is InChI=1S/C22H20N6O2/c1-16(29)24-19-11-9-18(10-12-19)23-15-17-7-13-21(14-8-17)30-22-25-26-27-28(22)20-5-3-2-4-6-20/h2-14,23H,15H2,1H3,(H,24,29). The molecule has 0 bridgehead atoms. The first-order valence-corrected chi connectivity index (χ1v) is 9.39. The Labute approximate surface area is 173 Å². The summed E-state index contributed by atoms with van der Waals surface area (Å²) in [6, 6.07) is 25.1. The molecule has 0 fully saturated rings. The molecule has 4 aromatic rings. The number of benzene rings is 3. The second-order valence-corrected chi connectivity index (χ2v) is 6.57. The van der Waals surface area contributed by atoms with Crippen LogP contribution in [0.3, 0.4) is 0 Å². The van der Waals surface area contributed by atoms with Gasteiger partial charge >= 0.3 is 6.01 Å². The minimum Gasteiger partial charge on any atom is -0.423 e. The van der Waals surface area contributed by atoms with E-state index in [1.807, 2.05) is 78.9 Å². The Morgan fingerprint density at radius 3 is 2.33 bits per heavy atom. The highest BCUT2D eigenvalue weighted by Gasteiger charge is 2.10. The van der Waals surface area contributed by atoms with Crippen LogP contribution in [-0.4, -0.2) is 26.1 Å². The fourth-order valence-corrected chi connectivity index (χ4v) is 2.83. The van der Waals surface area contributed by atoms with Crippen molar-refractivity contribution < 1.29 is 9.53 Å². The van der Waals surface area contributed by atoms with Gasteiger partial charge in [0.15, 0.2) is 0 Å². The van der Waals surface area contributed by atoms with Gasteiger partial charge in [0, 0.05) is 24.8 Å². The molecule has 0 aliphatic heterocycles. The third-order valence-corrected chi connectivity index (χ3v) is 4.28. The largest absolute Gasteiger partial charge is 0.423 e. The van der Waals surface area contributed by atoms with Crippen molar-refractivity contribution in [3.05, 3.63) is 84.4 Å². The van der Waals surface area contributed by atoms with Crippen molar-refractivity contribution in [2.75, 3.05) is 10.6 Å². The predicted octanol–water partition coefficient (Wildman–Crippen LogP) is 4.03. The fraction of sp³-hybridized carbons (Fsp3) is 0.0909. The molecule has 2 N–H and O–H groups in total. The van der Waals surface area contributed by atoms with E-state index in [0.717, 1.165) is 22.6 Å². The lowest BCUT2D eigenvalue weighted by Gasteiger charge is -2.09. The molecule has 1 aromatic heterocycles. The van der Waals surface area contributed by atoms with Crippen molar-refractivity contribution in [3.63, 3.8) is 0 Å². The number of para-hydroxylation sites is 1. The van der Waals surface area contributed by atoms with Gasteiger partial charge in [-0.1, -0.05) is 35.4 Å². The minimum atomic E-state index is -0.0872. The summed E-state index contributed by atoms with van der Waals surface area (Å²) in [6.07, 6.45) is 0. The smallest absolute Gasteiger partial charge is 0.345 e. The zero-order valence-electron chi connectivity index (χ0n) is 16.3. The van der Waals surface area contributed by atoms with E-state index < -0.39 is 0 Å². The molecule has 0 unspecified atom stereocenters. The zero-order valence-corrected chi connectivity index (χ0v) is 16.3. The molecule has 0 spiro atoms. The highest BCUT2D eigenvalue weighted by molar-refractivity contribution is 5.88. The molecule has 0 atom stereocenters. The van der Waals surface area contributed by atoms with E-state index in [9.17, 15) is 4.79 Å². The quantitative estimate of drug-likeness (QED) is 0.487. The maximum absolute atomic E-state index is 11.1. The van der Waals surface area contributed by atoms with Crippen LogP contribution in [0.5, 0.6) is 11.8 Å². The number of nitrogens with zero attached hydrogens (tertiary/aromatic N) is 4. The predicted molar refractivity (Wildman–Crippen MR) is 114 cm³/mol. The molecule has 30 heavy (non-hydrogen) atoms. The van der Waals surface area contributed by atoms with Gasteiger partial charge < -0.3 is 15.4 Å². The highest BCUT2D eigenvalue weighted by atomic mass is 16.5. The van der Waals surface area contributed by atoms with Crippen molar-refractivity contribution in [3.8, 4) is 17.4 Å². The second kappa shape index (κ2) is 8.87. The van der Waals surface area contributed by atoms with E-state index in [1.54, 1.807) is 4.68 Å². The Morgan fingerprint density at radius 2 is 1.63 bits per heavy atom. The number of nitrogens with one attached hydrogen (secondary N) is 2. The first-order chi connectivity index (χ1) is 14.7. The van der Waals surface area contributed by atoms with Gasteiger partial charge in [0.2, 0.25) is 5.91 Å². The number of aromatic nitrogens is 4. The molecule has 1 heterocycles. The van der Waals surface area contributed by atoms with Crippen LogP contribution in [0.1, 0.15) is 12.5 Å². The lowest BCUT2D eigenvalue weighted by molar-refractivity contribution is -0.114. The van der Waals surface area contributed by atoms with E-state index in [2.05, 4.69) is 26.2 Å². The van der Waals surface area contributed by atoms with Crippen LogP contribution in [0.4, 0.5) is 11.4 Å². The van der Waals surface area contributed by atoms with Crippen molar-refractivity contribution in [1.82, 2.24) is 20.2 Å². The lowest BCUT2D eigenvalue weighted by Crippen LogP contribution is -2.05. The SMILES string of the molecule is CC(=O)Nc1ccc(NCc2ccc(Oc3nnnn3-c3ccccc3)cc2)cc1. The van der Waals surface area contributed by atoms with E-state index in [1.165, 1.54) is 6.92 Å². The van der Waals surface area contributed by atoms with Gasteiger partial charge in [-0.3, -0.25) is 4.79 Å². The highest BCUT2D eigenvalue weighted by Crippen LogP contribution is 2.22. The van der Waals surface area contributed by atoms with E-state index in [-0.39, 0.29) is 5.91 Å². The molecule has 1 amide bonds. The maximum Gasteiger partial charge on any atom is 0.345 e. The molecule has 4 rings (SSSR count). The van der Waals surface area contributed by atoms with Crippen LogP contribution in [0.25, 0.3) is 5.69 Å². The fourth-order valence-electron chi connectivity index (χ4n) is 2.83. The summed E-state index contributed by atoms with van der Waals surface area (Å²) in [5.74, 6) is 0.557. The van der Waals surface area contributed by atoms with Crippen molar-refractivity contribution in [1.29, 1.82) is 0 Å². The molecule has 8 nitrogen and oxygen atoms in total. The van der Waals surface area contributed by atoms with Gasteiger partial charge in [-0.25, -0.2) is 0 Å². The average molecular weight is 400 g/mol. The number of carbonyl (C=O) groups excluding carboxylic acids is 1. The van der Waals surface area contributed by atoms with E-state index >= 15 is 0 Å². The number of tetrazole rings is 1. The first-order valence-electron chi connectivity index (χ1n) is 9.39. The lowest BCUT2D eigenvalue weighted by atomic mass is 10.2. The molecule has 0 aliphatic carbocycles. The summed E-state index contributed by atoms with van der Waals surface area (Å²) in [7, 11) is 0. The number of hydrogen-bond acceptors (Lipinski definition) is 6. The second-order valence-electron chi connectivity index (χ2n) is 6.57. The van der Waals surface area contributed by atoms with Gasteiger partial charge in [0.05, 0.1) is 5.69 Å². The van der Waals surface area contributed by atoms with Gasteiger partial charge in [0.1, 0.15) is 5.75 Å². The molecule has 0 radical (unpaired) electrons. The third-order valence-electron chi connectivity index (χ3n) is 4.28. The Balaban J connectivity index is 1.36. The summed E-state index contributed by atoms with van der Waals surface area (Å²) in [5, 5.41) is 17.7. The van der Waals surface area contributed by atoms with Gasteiger partial charge in [-0.15, -0.1) is 0 Å². The molecule has 3 aromatic carbocycles. The van der Waals surface area contributed by atoms with Gasteiger partial charge in [-0.05, 0) is 64.5 Å². The number of hydrogen-bond donors (Lipinski definition) is 2. The van der Waals surface area contributed by atoms with Crippen LogP contribution in [-0.2, 0) is 11.3 Å². The minimum absolute atomic E-state index is 0.0872. The number of anilines is 2. The Bertz CT molecular complexity index is 1110. The summed E-state index contributed by atoms with van der Waals surface area (Å²) in [4.78, 5) is 11.1. The number of rotatable bonds is 7. The number of carbonyl (C=O) groups is 1. The topological polar surface area (TPSA) is 94.0 Å². The molecule has 0 aliphatic rings. The number of amides is 1. The zero-order chi connectivity index (χ0) is 20.8. The van der Waals surface area contributed by atoms with Gasteiger partial charge in [-0.2, -0.15) is 4.68 Å². The molecular weight excluding hydrogens is 380 g/mol. The Morgan fingerprint density at radius 1 is 0.933 bits per heavy atom. The molecular formula is C22H20N6O2. The van der Waals surface area contributed by atoms with Crippen LogP contribution < -0.4 is 15.4 Å². The monoisotopic (exact) mass is 400 g/mol. The Kier molecular flexibility index (Phi) is 5.66. The van der Waals surface area contributed by atoms with Crippen LogP contribution in [0, 0.1) is 0 Å². The summed E-state index contributed by atoms with van der Waals surface area (Å²) >= 11 is 0. The van der Waals surface area contributed by atoms with E-state index in [0.29, 0.717) is 18.3 Å². The summed E-state index contributed by atoms with van der Waals surface area (Å²) in [5.41, 5.74) is 3.65. The molecule has 0 saturated carbocycles. The van der Waals surface area contributed by atoms with Crippen molar-refractivity contribution in [2.45, 2.75) is 13.5 Å². The molecule has 8 heteroatoms. The van der Waals surface area contributed by atoms with Crippen molar-refractivity contribution >= 4 is 17.3 Å². The third kappa shape index (κ3) is 4.79. The molecule has 150 valence electrons. The number of ether oxygens (including phenoxy) is 1. The van der Waals surface area contributed by atoms with Gasteiger partial charge in [0.25, 0.3) is 0 Å². The van der Waals surface area contributed by atoms with Crippen LogP contribution in [0.2, 0.25) is 0 Å². The van der Waals surface area contributed by atoms with E-state index in [4.69, 9.17) is 4.74 Å². The Hall–Kier alpha value is -4.20.